The van der Waals surface area contributed by atoms with Gasteiger partial charge in [0, 0.05) is 13.0 Å². The van der Waals surface area contributed by atoms with Crippen molar-refractivity contribution in [1.82, 2.24) is 4.90 Å². The van der Waals surface area contributed by atoms with Crippen molar-refractivity contribution in [2.75, 3.05) is 19.7 Å². The minimum atomic E-state index is -0.545. The molecule has 0 radical (unpaired) electrons. The predicted octanol–water partition coefficient (Wildman–Crippen LogP) is 1.32. The highest BCUT2D eigenvalue weighted by Crippen LogP contribution is 2.44. The number of likely N-dealkylation sites (tertiary alicyclic amines) is 1. The first-order chi connectivity index (χ1) is 8.67. The smallest absolute Gasteiger partial charge is 0.222 e. The van der Waals surface area contributed by atoms with E-state index in [1.54, 1.807) is 4.90 Å². The summed E-state index contributed by atoms with van der Waals surface area (Å²) in [6, 6.07) is 0. The second-order valence-electron chi connectivity index (χ2n) is 6.15. The van der Waals surface area contributed by atoms with E-state index in [0.29, 0.717) is 25.4 Å². The predicted molar refractivity (Wildman–Crippen MR) is 67.1 cm³/mol. The Balaban J connectivity index is 1.37. The SMILES string of the molecule is O=C(CCC1CCCCO1)N1CC(O)(C2CC2)C1. The lowest BCUT2D eigenvalue weighted by molar-refractivity contribution is -0.160. The van der Waals surface area contributed by atoms with Crippen LogP contribution in [0.2, 0.25) is 0 Å². The van der Waals surface area contributed by atoms with Crippen LogP contribution in [-0.2, 0) is 9.53 Å². The van der Waals surface area contributed by atoms with Crippen molar-refractivity contribution in [3.63, 3.8) is 0 Å². The highest BCUT2D eigenvalue weighted by molar-refractivity contribution is 5.77. The summed E-state index contributed by atoms with van der Waals surface area (Å²) in [6.45, 7) is 1.97. The van der Waals surface area contributed by atoms with Gasteiger partial charge in [-0.1, -0.05) is 0 Å². The van der Waals surface area contributed by atoms with E-state index in [9.17, 15) is 9.90 Å². The Bertz CT molecular complexity index is 315. The Morgan fingerprint density at radius 1 is 1.28 bits per heavy atom. The monoisotopic (exact) mass is 253 g/mol. The van der Waals surface area contributed by atoms with Crippen LogP contribution in [0.15, 0.2) is 0 Å². The molecule has 102 valence electrons. The Kier molecular flexibility index (Phi) is 3.32. The molecule has 18 heavy (non-hydrogen) atoms. The number of hydrogen-bond donors (Lipinski definition) is 1. The summed E-state index contributed by atoms with van der Waals surface area (Å²) >= 11 is 0. The quantitative estimate of drug-likeness (QED) is 0.822. The van der Waals surface area contributed by atoms with E-state index in [1.165, 1.54) is 6.42 Å². The maximum Gasteiger partial charge on any atom is 0.222 e. The lowest BCUT2D eigenvalue weighted by Gasteiger charge is -2.47. The summed E-state index contributed by atoms with van der Waals surface area (Å²) in [5.41, 5.74) is -0.545. The third-order valence-corrected chi connectivity index (χ3v) is 4.57. The van der Waals surface area contributed by atoms with E-state index in [1.807, 2.05) is 0 Å². The molecule has 1 N–H and O–H groups in total. The van der Waals surface area contributed by atoms with E-state index in [4.69, 9.17) is 4.74 Å². The number of carbonyl (C=O) groups is 1. The molecule has 2 heterocycles. The summed E-state index contributed by atoms with van der Waals surface area (Å²) in [5.74, 6) is 0.651. The van der Waals surface area contributed by atoms with Gasteiger partial charge in [0.25, 0.3) is 0 Å². The molecule has 4 nitrogen and oxygen atoms in total. The van der Waals surface area contributed by atoms with Crippen LogP contribution in [0, 0.1) is 5.92 Å². The molecule has 2 saturated heterocycles. The number of amides is 1. The molecule has 0 aromatic heterocycles. The van der Waals surface area contributed by atoms with Gasteiger partial charge in [0.2, 0.25) is 5.91 Å². The average molecular weight is 253 g/mol. The molecule has 0 aromatic carbocycles. The molecule has 1 atom stereocenters. The van der Waals surface area contributed by atoms with Gasteiger partial charge in [-0.3, -0.25) is 4.79 Å². The topological polar surface area (TPSA) is 49.8 Å². The lowest BCUT2D eigenvalue weighted by atomic mass is 9.88. The summed E-state index contributed by atoms with van der Waals surface area (Å²) in [5, 5.41) is 10.2. The van der Waals surface area contributed by atoms with Gasteiger partial charge in [0.05, 0.1) is 19.2 Å². The van der Waals surface area contributed by atoms with Crippen molar-refractivity contribution >= 4 is 5.91 Å². The van der Waals surface area contributed by atoms with Crippen LogP contribution in [0.4, 0.5) is 0 Å². The minimum Gasteiger partial charge on any atom is -0.386 e. The van der Waals surface area contributed by atoms with Crippen LogP contribution >= 0.6 is 0 Å². The van der Waals surface area contributed by atoms with Gasteiger partial charge in [-0.15, -0.1) is 0 Å². The van der Waals surface area contributed by atoms with Gasteiger partial charge in [0.15, 0.2) is 0 Å². The van der Waals surface area contributed by atoms with Crippen LogP contribution in [0.25, 0.3) is 0 Å². The zero-order valence-corrected chi connectivity index (χ0v) is 10.9. The molecule has 0 aromatic rings. The number of carbonyl (C=O) groups excluding carboxylic acids is 1. The molecular weight excluding hydrogens is 230 g/mol. The fraction of sp³-hybridized carbons (Fsp3) is 0.929. The highest BCUT2D eigenvalue weighted by atomic mass is 16.5. The first-order valence-corrected chi connectivity index (χ1v) is 7.29. The van der Waals surface area contributed by atoms with Crippen molar-refractivity contribution in [1.29, 1.82) is 0 Å². The molecule has 1 unspecified atom stereocenters. The van der Waals surface area contributed by atoms with E-state index in [2.05, 4.69) is 0 Å². The minimum absolute atomic E-state index is 0.189. The number of aliphatic hydroxyl groups is 1. The Hall–Kier alpha value is -0.610. The van der Waals surface area contributed by atoms with E-state index < -0.39 is 5.60 Å². The fourth-order valence-corrected chi connectivity index (χ4v) is 3.15. The second-order valence-corrected chi connectivity index (χ2v) is 6.15. The largest absolute Gasteiger partial charge is 0.386 e. The van der Waals surface area contributed by atoms with E-state index in [-0.39, 0.29) is 12.0 Å². The molecule has 4 heteroatoms. The molecule has 3 fully saturated rings. The fourth-order valence-electron chi connectivity index (χ4n) is 3.15. The first-order valence-electron chi connectivity index (χ1n) is 7.29. The normalized spacial score (nSPS) is 30.9. The molecule has 0 spiro atoms. The molecule has 0 bridgehead atoms. The number of nitrogens with zero attached hydrogens (tertiary/aromatic N) is 1. The number of β-amino-alcohol motifs (C(OH)–C–C–N with tert-alkyl or cyclic N) is 1. The summed E-state index contributed by atoms with van der Waals surface area (Å²) in [4.78, 5) is 13.8. The van der Waals surface area contributed by atoms with Crippen molar-refractivity contribution < 1.29 is 14.6 Å². The molecular formula is C14H23NO3. The zero-order chi connectivity index (χ0) is 12.6. The van der Waals surface area contributed by atoms with Crippen molar-refractivity contribution in [2.45, 2.75) is 56.7 Å². The van der Waals surface area contributed by atoms with Gasteiger partial charge in [0.1, 0.15) is 5.60 Å². The van der Waals surface area contributed by atoms with Crippen LogP contribution in [0.5, 0.6) is 0 Å². The van der Waals surface area contributed by atoms with Crippen molar-refractivity contribution in [3.05, 3.63) is 0 Å². The average Bonchev–Trinajstić information content (AvgIpc) is 3.18. The molecule has 3 rings (SSSR count). The molecule has 1 aliphatic carbocycles. The maximum absolute atomic E-state index is 12.0. The Labute approximate surface area is 108 Å². The van der Waals surface area contributed by atoms with Gasteiger partial charge in [-0.05, 0) is 44.4 Å². The molecule has 3 aliphatic rings. The zero-order valence-electron chi connectivity index (χ0n) is 10.9. The summed E-state index contributed by atoms with van der Waals surface area (Å²) in [7, 11) is 0. The maximum atomic E-state index is 12.0. The standard InChI is InChI=1S/C14H23NO3/c16-13(7-6-12-3-1-2-8-18-12)15-9-14(17,10-15)11-4-5-11/h11-12,17H,1-10H2. The van der Waals surface area contributed by atoms with Crippen LogP contribution in [0.3, 0.4) is 0 Å². The van der Waals surface area contributed by atoms with Gasteiger partial charge < -0.3 is 14.7 Å². The highest BCUT2D eigenvalue weighted by Gasteiger charge is 2.53. The number of hydrogen-bond acceptors (Lipinski definition) is 3. The van der Waals surface area contributed by atoms with Crippen LogP contribution < -0.4 is 0 Å². The van der Waals surface area contributed by atoms with Crippen LogP contribution in [-0.4, -0.2) is 47.3 Å². The Morgan fingerprint density at radius 2 is 2.06 bits per heavy atom. The lowest BCUT2D eigenvalue weighted by Crippen LogP contribution is -2.64. The van der Waals surface area contributed by atoms with Gasteiger partial charge in [-0.25, -0.2) is 0 Å². The third-order valence-electron chi connectivity index (χ3n) is 4.57. The molecule has 2 aliphatic heterocycles. The number of rotatable bonds is 4. The van der Waals surface area contributed by atoms with Gasteiger partial charge >= 0.3 is 0 Å². The summed E-state index contributed by atoms with van der Waals surface area (Å²) in [6.07, 6.45) is 7.45. The van der Waals surface area contributed by atoms with Crippen molar-refractivity contribution in [3.8, 4) is 0 Å². The van der Waals surface area contributed by atoms with Crippen LogP contribution in [0.1, 0.15) is 44.9 Å². The van der Waals surface area contributed by atoms with E-state index >= 15 is 0 Å². The van der Waals surface area contributed by atoms with E-state index in [0.717, 1.165) is 38.7 Å². The first kappa shape index (κ1) is 12.4. The molecule has 1 saturated carbocycles. The number of ether oxygens (including phenoxy) is 1. The second kappa shape index (κ2) is 4.82. The summed E-state index contributed by atoms with van der Waals surface area (Å²) < 4.78 is 5.63. The van der Waals surface area contributed by atoms with Gasteiger partial charge in [-0.2, -0.15) is 0 Å². The Morgan fingerprint density at radius 3 is 2.67 bits per heavy atom. The molecule has 1 amide bonds. The third kappa shape index (κ3) is 2.54. The van der Waals surface area contributed by atoms with Crippen molar-refractivity contribution in [2.24, 2.45) is 5.92 Å².